The summed E-state index contributed by atoms with van der Waals surface area (Å²) in [5.74, 6) is 0.957. The van der Waals surface area contributed by atoms with Crippen LogP contribution >= 0.6 is 23.2 Å². The molecule has 1 saturated heterocycles. The highest BCUT2D eigenvalue weighted by Crippen LogP contribution is 2.45. The van der Waals surface area contributed by atoms with E-state index in [4.69, 9.17) is 46.9 Å². The van der Waals surface area contributed by atoms with Gasteiger partial charge in [-0.25, -0.2) is 4.98 Å². The summed E-state index contributed by atoms with van der Waals surface area (Å²) in [5, 5.41) is 4.06. The largest absolute Gasteiger partial charge is 0.495 e. The van der Waals surface area contributed by atoms with E-state index in [1.165, 1.54) is 18.8 Å². The maximum absolute atomic E-state index is 14.1. The van der Waals surface area contributed by atoms with Crippen LogP contribution < -0.4 is 20.3 Å². The monoisotopic (exact) mass is 635 g/mol. The fourth-order valence-electron chi connectivity index (χ4n) is 4.62. The summed E-state index contributed by atoms with van der Waals surface area (Å²) in [5.41, 5.74) is 1.07. The van der Waals surface area contributed by atoms with Gasteiger partial charge in [0.1, 0.15) is 23.4 Å². The molecule has 14 heteroatoms. The molecular weight excluding hydrogens is 601 g/mol. The van der Waals surface area contributed by atoms with Crippen molar-refractivity contribution in [2.45, 2.75) is 12.6 Å². The van der Waals surface area contributed by atoms with Crippen molar-refractivity contribution in [3.63, 3.8) is 0 Å². The van der Waals surface area contributed by atoms with E-state index >= 15 is 0 Å². The van der Waals surface area contributed by atoms with Crippen molar-refractivity contribution in [3.05, 3.63) is 50.9 Å². The zero-order chi connectivity index (χ0) is 30.9. The molecule has 1 aromatic carbocycles. The molecule has 0 spiro atoms. The molecule has 0 radical (unpaired) electrons. The Kier molecular flexibility index (Phi) is 11.7. The molecule has 1 aliphatic rings. The average molecular weight is 637 g/mol. The molecule has 1 fully saturated rings. The van der Waals surface area contributed by atoms with E-state index in [0.29, 0.717) is 80.1 Å². The third kappa shape index (κ3) is 7.83. The van der Waals surface area contributed by atoms with Crippen LogP contribution in [0.25, 0.3) is 22.2 Å². The lowest BCUT2D eigenvalue weighted by Crippen LogP contribution is -2.52. The van der Waals surface area contributed by atoms with Crippen LogP contribution in [0.5, 0.6) is 11.5 Å². The third-order valence-electron chi connectivity index (χ3n) is 6.82. The molecule has 1 N–H and O–H groups in total. The van der Waals surface area contributed by atoms with Gasteiger partial charge < -0.3 is 29.0 Å². The second kappa shape index (κ2) is 15.5. The lowest BCUT2D eigenvalue weighted by molar-refractivity contribution is -0.105. The van der Waals surface area contributed by atoms with Crippen LogP contribution in [0.2, 0.25) is 10.0 Å². The van der Waals surface area contributed by atoms with Crippen molar-refractivity contribution < 1.29 is 28.5 Å². The number of pyridine rings is 1. The third-order valence-corrected chi connectivity index (χ3v) is 7.57. The SMILES string of the molecule is C=C(C=O)CN1CC(OCCn2c(=O)c(-c3c(Cl)c(OC)cc(OC)c3Cl)cc3cnc(NCCOCCOC)nc32)C1. The number of halogens is 2. The van der Waals surface area contributed by atoms with E-state index in [2.05, 4.69) is 26.8 Å². The molecule has 12 nitrogen and oxygen atoms in total. The number of nitrogens with zero attached hydrogens (tertiary/aromatic N) is 4. The van der Waals surface area contributed by atoms with Gasteiger partial charge in [0, 0.05) is 56.5 Å². The number of hydrogen-bond donors (Lipinski definition) is 1. The van der Waals surface area contributed by atoms with Crippen molar-refractivity contribution in [1.82, 2.24) is 19.4 Å². The second-order valence-corrected chi connectivity index (χ2v) is 10.5. The van der Waals surface area contributed by atoms with Gasteiger partial charge in [-0.3, -0.25) is 19.1 Å². The molecule has 232 valence electrons. The van der Waals surface area contributed by atoms with Crippen LogP contribution in [0.4, 0.5) is 5.95 Å². The second-order valence-electron chi connectivity index (χ2n) is 9.77. The number of methoxy groups -OCH3 is 3. The van der Waals surface area contributed by atoms with E-state index in [9.17, 15) is 9.59 Å². The topological polar surface area (TPSA) is 126 Å². The highest BCUT2D eigenvalue weighted by atomic mass is 35.5. The van der Waals surface area contributed by atoms with Gasteiger partial charge in [0.05, 0.1) is 68.9 Å². The number of aldehydes is 1. The minimum absolute atomic E-state index is 0.0268. The summed E-state index contributed by atoms with van der Waals surface area (Å²) in [6.07, 6.45) is 2.36. The van der Waals surface area contributed by atoms with Gasteiger partial charge in [0.2, 0.25) is 5.95 Å². The van der Waals surface area contributed by atoms with Gasteiger partial charge in [-0.2, -0.15) is 4.98 Å². The van der Waals surface area contributed by atoms with Gasteiger partial charge in [0.15, 0.2) is 0 Å². The Hall–Kier alpha value is -3.26. The van der Waals surface area contributed by atoms with Crippen molar-refractivity contribution >= 4 is 46.5 Å². The Balaban J connectivity index is 1.64. The van der Waals surface area contributed by atoms with Crippen molar-refractivity contribution in [1.29, 1.82) is 0 Å². The van der Waals surface area contributed by atoms with Crippen molar-refractivity contribution in [3.8, 4) is 22.6 Å². The summed E-state index contributed by atoms with van der Waals surface area (Å²) in [4.78, 5) is 36.1. The molecule has 0 aliphatic carbocycles. The maximum Gasteiger partial charge on any atom is 0.260 e. The quantitative estimate of drug-likeness (QED) is 0.133. The number of anilines is 1. The first-order chi connectivity index (χ1) is 20.8. The van der Waals surface area contributed by atoms with E-state index < -0.39 is 0 Å². The highest BCUT2D eigenvalue weighted by Gasteiger charge is 2.28. The fraction of sp³-hybridized carbons (Fsp3) is 0.448. The molecule has 0 bridgehead atoms. The minimum atomic E-state index is -0.375. The van der Waals surface area contributed by atoms with Crippen LogP contribution in [0.15, 0.2) is 35.3 Å². The Bertz CT molecular complexity index is 1480. The molecule has 0 unspecified atom stereocenters. The normalized spacial score (nSPS) is 13.6. The van der Waals surface area contributed by atoms with Gasteiger partial charge in [-0.05, 0) is 11.6 Å². The van der Waals surface area contributed by atoms with Gasteiger partial charge in [-0.1, -0.05) is 29.8 Å². The van der Waals surface area contributed by atoms with E-state index in [-0.39, 0.29) is 46.0 Å². The predicted octanol–water partition coefficient (Wildman–Crippen LogP) is 3.31. The lowest BCUT2D eigenvalue weighted by atomic mass is 10.0. The maximum atomic E-state index is 14.1. The standard InChI is InChI=1S/C29H35Cl2N5O7/c1-18(17-37)14-35-15-20(16-35)43-8-6-36-27-19(13-33-29(34-27)32-5-7-42-10-9-39-2)11-21(28(36)38)24-25(30)22(40-3)12-23(41-4)26(24)31/h11-13,17,20H,1,5-10,14-16H2,2-4H3,(H,32,33,34). The van der Waals surface area contributed by atoms with E-state index in [1.807, 2.05) is 0 Å². The summed E-state index contributed by atoms with van der Waals surface area (Å²) in [7, 11) is 4.55. The first-order valence-corrected chi connectivity index (χ1v) is 14.3. The Labute approximate surface area is 259 Å². The number of hydrogen-bond acceptors (Lipinski definition) is 11. The van der Waals surface area contributed by atoms with E-state index in [1.54, 1.807) is 25.4 Å². The van der Waals surface area contributed by atoms with Gasteiger partial charge in [-0.15, -0.1) is 0 Å². The number of carbonyl (C=O) groups excluding carboxylic acids is 1. The molecule has 1 aliphatic heterocycles. The lowest BCUT2D eigenvalue weighted by Gasteiger charge is -2.38. The molecule has 0 atom stereocenters. The molecular formula is C29H35Cl2N5O7. The number of ether oxygens (including phenoxy) is 5. The Morgan fingerprint density at radius 1 is 1.09 bits per heavy atom. The number of aromatic nitrogens is 3. The van der Waals surface area contributed by atoms with Crippen molar-refractivity contribution in [2.75, 3.05) is 79.3 Å². The molecule has 0 amide bonds. The van der Waals surface area contributed by atoms with Crippen LogP contribution in [0.3, 0.4) is 0 Å². The predicted molar refractivity (Wildman–Crippen MR) is 165 cm³/mol. The van der Waals surface area contributed by atoms with Crippen LogP contribution in [0.1, 0.15) is 0 Å². The molecule has 4 rings (SSSR count). The Morgan fingerprint density at radius 3 is 2.47 bits per heavy atom. The van der Waals surface area contributed by atoms with Crippen LogP contribution in [-0.2, 0) is 25.5 Å². The first kappa shape index (κ1) is 32.6. The zero-order valence-electron chi connectivity index (χ0n) is 24.4. The van der Waals surface area contributed by atoms with Crippen LogP contribution in [-0.4, -0.2) is 106 Å². The van der Waals surface area contributed by atoms with Gasteiger partial charge >= 0.3 is 0 Å². The summed E-state index contributed by atoms with van der Waals surface area (Å²) < 4.78 is 28.9. The smallest absolute Gasteiger partial charge is 0.260 e. The molecule has 43 heavy (non-hydrogen) atoms. The summed E-state index contributed by atoms with van der Waals surface area (Å²) in [6.45, 7) is 7.87. The Morgan fingerprint density at radius 2 is 1.81 bits per heavy atom. The van der Waals surface area contributed by atoms with Gasteiger partial charge in [0.25, 0.3) is 5.56 Å². The van der Waals surface area contributed by atoms with Crippen LogP contribution in [0, 0.1) is 0 Å². The summed E-state index contributed by atoms with van der Waals surface area (Å²) >= 11 is 13.4. The number of fused-ring (bicyclic) bond motifs is 1. The minimum Gasteiger partial charge on any atom is -0.495 e. The zero-order valence-corrected chi connectivity index (χ0v) is 25.9. The number of rotatable bonds is 17. The number of likely N-dealkylation sites (tertiary alicyclic amines) is 1. The summed E-state index contributed by atoms with van der Waals surface area (Å²) in [6, 6.07) is 3.22. The molecule has 3 heterocycles. The number of benzene rings is 1. The highest BCUT2D eigenvalue weighted by molar-refractivity contribution is 6.41. The fourth-order valence-corrected chi connectivity index (χ4v) is 5.33. The van der Waals surface area contributed by atoms with E-state index in [0.717, 1.165) is 6.29 Å². The first-order valence-electron chi connectivity index (χ1n) is 13.6. The number of nitrogens with one attached hydrogen (secondary N) is 1. The molecule has 0 saturated carbocycles. The average Bonchev–Trinajstić information content (AvgIpc) is 2.99. The molecule has 3 aromatic rings. The van der Waals surface area contributed by atoms with Crippen molar-refractivity contribution in [2.24, 2.45) is 0 Å². The molecule has 2 aromatic heterocycles. The number of carbonyl (C=O) groups is 1.